The highest BCUT2D eigenvalue weighted by Gasteiger charge is 2.19. The van der Waals surface area contributed by atoms with E-state index >= 15 is 0 Å². The summed E-state index contributed by atoms with van der Waals surface area (Å²) in [6, 6.07) is 23.3. The van der Waals surface area contributed by atoms with Crippen LogP contribution in [0.2, 0.25) is 0 Å². The average molecular weight is 443 g/mol. The lowest BCUT2D eigenvalue weighted by atomic mass is 9.82. The molecule has 0 N–H and O–H groups in total. The van der Waals surface area contributed by atoms with Gasteiger partial charge in [-0.05, 0) is 104 Å². The lowest BCUT2D eigenvalue weighted by molar-refractivity contribution is 0.304. The molecule has 33 heavy (non-hydrogen) atoms. The summed E-state index contributed by atoms with van der Waals surface area (Å²) in [5.74, 6) is 1.77. The highest BCUT2D eigenvalue weighted by atomic mass is 16.5. The quantitative estimate of drug-likeness (QED) is 0.288. The largest absolute Gasteiger partial charge is 0.489 e. The number of aliphatic imine (C=N–C) groups is 1. The molecule has 4 nitrogen and oxygen atoms in total. The van der Waals surface area contributed by atoms with Crippen molar-refractivity contribution < 1.29 is 9.47 Å². The number of hydrogen-bond donors (Lipinski definition) is 0. The molecule has 1 atom stereocenters. The lowest BCUT2D eigenvalue weighted by Crippen LogP contribution is -2.21. The number of aryl methyl sites for hydroxylation is 1. The fourth-order valence-electron chi connectivity index (χ4n) is 4.42. The number of methoxy groups -OCH3 is 1. The number of nitrogens with zero attached hydrogens (tertiary/aromatic N) is 2. The molecule has 172 valence electrons. The second kappa shape index (κ2) is 11.2. The molecular weight excluding hydrogens is 408 g/mol. The molecule has 0 saturated carbocycles. The summed E-state index contributed by atoms with van der Waals surface area (Å²) in [7, 11) is 5.91. The van der Waals surface area contributed by atoms with Crippen LogP contribution >= 0.6 is 0 Å². The van der Waals surface area contributed by atoms with E-state index in [2.05, 4.69) is 78.6 Å². The number of benzene rings is 3. The smallest absolute Gasteiger partial charge is 0.174 e. The first kappa shape index (κ1) is 23.1. The number of hydrogen-bond acceptors (Lipinski definition) is 4. The Hall–Kier alpha value is -3.11. The first-order chi connectivity index (χ1) is 16.1. The standard InChI is InChI=1S/C29H34N2O2/c1-31(2)16-15-22-7-12-27-19-29(14-13-26(27)17-22)33-20-23-8-10-24(11-9-23)25-5-4-6-28(18-25)30-21-32-3/h4-6,8-11,13-14,18-19,21-22H,7,12,15-17,20H2,1-3H3/b30-21+. The monoisotopic (exact) mass is 442 g/mol. The third kappa shape index (κ3) is 6.45. The van der Waals surface area contributed by atoms with E-state index in [1.165, 1.54) is 43.3 Å². The van der Waals surface area contributed by atoms with Crippen LogP contribution in [0.15, 0.2) is 71.7 Å². The SMILES string of the molecule is CO/C=N/c1cccc(-c2ccc(COc3ccc4c(c3)CCC(CCN(C)C)C4)cc2)c1. The molecule has 0 heterocycles. The van der Waals surface area contributed by atoms with E-state index in [0.717, 1.165) is 40.5 Å². The van der Waals surface area contributed by atoms with Gasteiger partial charge in [0.25, 0.3) is 0 Å². The van der Waals surface area contributed by atoms with Gasteiger partial charge in [0.1, 0.15) is 12.4 Å². The Balaban J connectivity index is 1.34. The number of rotatable bonds is 9. The first-order valence-corrected chi connectivity index (χ1v) is 11.7. The normalized spacial score (nSPS) is 15.6. The van der Waals surface area contributed by atoms with E-state index in [9.17, 15) is 0 Å². The van der Waals surface area contributed by atoms with Crippen LogP contribution in [0.5, 0.6) is 5.75 Å². The second-order valence-corrected chi connectivity index (χ2v) is 9.14. The summed E-state index contributed by atoms with van der Waals surface area (Å²) in [5.41, 5.74) is 7.28. The molecule has 0 bridgehead atoms. The Bertz CT molecular complexity index is 1070. The van der Waals surface area contributed by atoms with Crippen molar-refractivity contribution in [3.05, 3.63) is 83.4 Å². The maximum absolute atomic E-state index is 6.13. The summed E-state index contributed by atoms with van der Waals surface area (Å²) in [6.07, 6.45) is 6.37. The minimum Gasteiger partial charge on any atom is -0.489 e. The van der Waals surface area contributed by atoms with Crippen molar-refractivity contribution in [3.63, 3.8) is 0 Å². The third-order valence-electron chi connectivity index (χ3n) is 6.34. The highest BCUT2D eigenvalue weighted by Crippen LogP contribution is 2.31. The van der Waals surface area contributed by atoms with Gasteiger partial charge < -0.3 is 14.4 Å². The molecule has 4 rings (SSSR count). The zero-order valence-corrected chi connectivity index (χ0v) is 20.0. The molecule has 1 aliphatic carbocycles. The molecule has 0 saturated heterocycles. The highest BCUT2D eigenvalue weighted by molar-refractivity contribution is 5.68. The van der Waals surface area contributed by atoms with E-state index in [-0.39, 0.29) is 0 Å². The van der Waals surface area contributed by atoms with Crippen LogP contribution < -0.4 is 4.74 Å². The van der Waals surface area contributed by atoms with Crippen LogP contribution in [0.4, 0.5) is 5.69 Å². The van der Waals surface area contributed by atoms with Crippen molar-refractivity contribution in [1.29, 1.82) is 0 Å². The Labute approximate surface area is 197 Å². The molecule has 1 aliphatic rings. The molecule has 0 aromatic heterocycles. The predicted octanol–water partition coefficient (Wildman–Crippen LogP) is 6.30. The molecule has 3 aromatic rings. The Morgan fingerprint density at radius 2 is 1.82 bits per heavy atom. The van der Waals surface area contributed by atoms with Gasteiger partial charge >= 0.3 is 0 Å². The maximum atomic E-state index is 6.13. The van der Waals surface area contributed by atoms with Crippen LogP contribution in [-0.2, 0) is 24.2 Å². The van der Waals surface area contributed by atoms with Gasteiger partial charge in [0, 0.05) is 0 Å². The van der Waals surface area contributed by atoms with E-state index < -0.39 is 0 Å². The predicted molar refractivity (Wildman–Crippen MR) is 136 cm³/mol. The van der Waals surface area contributed by atoms with E-state index in [0.29, 0.717) is 6.61 Å². The lowest BCUT2D eigenvalue weighted by Gasteiger charge is -2.26. The van der Waals surface area contributed by atoms with Gasteiger partial charge in [-0.2, -0.15) is 0 Å². The number of fused-ring (bicyclic) bond motifs is 1. The van der Waals surface area contributed by atoms with Crippen molar-refractivity contribution in [2.24, 2.45) is 10.9 Å². The second-order valence-electron chi connectivity index (χ2n) is 9.14. The minimum absolute atomic E-state index is 0.572. The zero-order valence-electron chi connectivity index (χ0n) is 20.0. The van der Waals surface area contributed by atoms with Gasteiger partial charge in [-0.15, -0.1) is 0 Å². The minimum atomic E-state index is 0.572. The van der Waals surface area contributed by atoms with Crippen molar-refractivity contribution in [2.75, 3.05) is 27.7 Å². The average Bonchev–Trinajstić information content (AvgIpc) is 2.85. The molecule has 0 radical (unpaired) electrons. The summed E-state index contributed by atoms with van der Waals surface area (Å²) < 4.78 is 11.0. The summed E-state index contributed by atoms with van der Waals surface area (Å²) in [4.78, 5) is 6.56. The summed E-state index contributed by atoms with van der Waals surface area (Å²) in [5, 5.41) is 0. The first-order valence-electron chi connectivity index (χ1n) is 11.7. The molecular formula is C29H34N2O2. The van der Waals surface area contributed by atoms with Crippen LogP contribution in [-0.4, -0.2) is 39.1 Å². The van der Waals surface area contributed by atoms with Crippen LogP contribution in [0.25, 0.3) is 11.1 Å². The van der Waals surface area contributed by atoms with Gasteiger partial charge in [0.15, 0.2) is 6.40 Å². The van der Waals surface area contributed by atoms with Crippen molar-refractivity contribution in [1.82, 2.24) is 4.90 Å². The van der Waals surface area contributed by atoms with Crippen LogP contribution in [0.1, 0.15) is 29.5 Å². The Morgan fingerprint density at radius 1 is 0.970 bits per heavy atom. The molecule has 0 amide bonds. The molecule has 4 heteroatoms. The third-order valence-corrected chi connectivity index (χ3v) is 6.34. The van der Waals surface area contributed by atoms with Crippen molar-refractivity contribution >= 4 is 12.1 Å². The van der Waals surface area contributed by atoms with Gasteiger partial charge in [0.05, 0.1) is 12.8 Å². The molecule has 0 spiro atoms. The summed E-state index contributed by atoms with van der Waals surface area (Å²) in [6.45, 7) is 1.75. The van der Waals surface area contributed by atoms with Crippen molar-refractivity contribution in [2.45, 2.75) is 32.3 Å². The molecule has 0 fully saturated rings. The topological polar surface area (TPSA) is 34.1 Å². The van der Waals surface area contributed by atoms with Gasteiger partial charge in [0.2, 0.25) is 0 Å². The summed E-state index contributed by atoms with van der Waals surface area (Å²) >= 11 is 0. The van der Waals surface area contributed by atoms with Crippen molar-refractivity contribution in [3.8, 4) is 16.9 Å². The van der Waals surface area contributed by atoms with Gasteiger partial charge in [-0.25, -0.2) is 4.99 Å². The Morgan fingerprint density at radius 3 is 2.61 bits per heavy atom. The number of ether oxygens (including phenoxy) is 2. The van der Waals surface area contributed by atoms with Gasteiger partial charge in [-0.3, -0.25) is 0 Å². The zero-order chi connectivity index (χ0) is 23.0. The van der Waals surface area contributed by atoms with E-state index in [1.54, 1.807) is 7.11 Å². The van der Waals surface area contributed by atoms with Crippen LogP contribution in [0.3, 0.4) is 0 Å². The molecule has 3 aromatic carbocycles. The molecule has 1 unspecified atom stereocenters. The molecule has 0 aliphatic heterocycles. The van der Waals surface area contributed by atoms with Crippen LogP contribution in [0, 0.1) is 5.92 Å². The van der Waals surface area contributed by atoms with Gasteiger partial charge in [-0.1, -0.05) is 42.5 Å². The fourth-order valence-corrected chi connectivity index (χ4v) is 4.42. The van der Waals surface area contributed by atoms with E-state index in [1.807, 2.05) is 12.1 Å². The fraction of sp³-hybridized carbons (Fsp3) is 0.345. The Kier molecular flexibility index (Phi) is 7.79. The van der Waals surface area contributed by atoms with E-state index in [4.69, 9.17) is 9.47 Å². The maximum Gasteiger partial charge on any atom is 0.174 e.